The fraction of sp³-hybridized carbons (Fsp3) is 0.938. The molecule has 0 bridgehead atoms. The summed E-state index contributed by atoms with van der Waals surface area (Å²) in [5.74, 6) is -0.980. The van der Waals surface area contributed by atoms with E-state index in [2.05, 4.69) is 12.2 Å². The minimum atomic E-state index is -0.980. The number of carboxylic acids is 1. The molecule has 0 aliphatic carbocycles. The van der Waals surface area contributed by atoms with E-state index < -0.39 is 18.1 Å². The van der Waals surface area contributed by atoms with Crippen LogP contribution in [0.1, 0.15) is 78.1 Å². The molecular weight excluding hydrogens is 254 g/mol. The van der Waals surface area contributed by atoms with E-state index >= 15 is 0 Å². The van der Waals surface area contributed by atoms with Crippen LogP contribution in [0.4, 0.5) is 0 Å². The van der Waals surface area contributed by atoms with Gasteiger partial charge in [-0.2, -0.15) is 0 Å². The fourth-order valence-corrected chi connectivity index (χ4v) is 2.33. The van der Waals surface area contributed by atoms with E-state index in [1.807, 2.05) is 0 Å². The van der Waals surface area contributed by atoms with E-state index in [0.29, 0.717) is 6.54 Å². The highest BCUT2D eigenvalue weighted by Gasteiger charge is 2.21. The standard InChI is InChI=1S/C16H33NO3/c1-3-4-5-6-7-8-9-10-11-12-13-17-15(14(2)18)16(19)20/h14-15,17-18H,3-13H2,1-2H3,(H,19,20). The third-order valence-electron chi connectivity index (χ3n) is 3.64. The maximum atomic E-state index is 10.8. The average molecular weight is 287 g/mol. The van der Waals surface area contributed by atoms with Crippen molar-refractivity contribution in [3.05, 3.63) is 0 Å². The Labute approximate surface area is 124 Å². The van der Waals surface area contributed by atoms with Crippen molar-refractivity contribution in [2.45, 2.75) is 90.2 Å². The second-order valence-electron chi connectivity index (χ2n) is 5.69. The molecule has 0 saturated carbocycles. The van der Waals surface area contributed by atoms with Gasteiger partial charge in [0.2, 0.25) is 0 Å². The summed E-state index contributed by atoms with van der Waals surface area (Å²) in [4.78, 5) is 10.8. The molecule has 3 N–H and O–H groups in total. The Morgan fingerprint density at radius 3 is 1.80 bits per heavy atom. The maximum absolute atomic E-state index is 10.8. The summed E-state index contributed by atoms with van der Waals surface area (Å²) >= 11 is 0. The van der Waals surface area contributed by atoms with Crippen LogP contribution >= 0.6 is 0 Å². The third-order valence-corrected chi connectivity index (χ3v) is 3.64. The van der Waals surface area contributed by atoms with Crippen molar-refractivity contribution in [1.82, 2.24) is 5.32 Å². The lowest BCUT2D eigenvalue weighted by Crippen LogP contribution is -2.45. The van der Waals surface area contributed by atoms with Crippen LogP contribution in [0.3, 0.4) is 0 Å². The number of aliphatic carboxylic acids is 1. The molecule has 0 fully saturated rings. The summed E-state index contributed by atoms with van der Waals surface area (Å²) in [5.41, 5.74) is 0. The van der Waals surface area contributed by atoms with Crippen molar-refractivity contribution >= 4 is 5.97 Å². The van der Waals surface area contributed by atoms with Gasteiger partial charge in [-0.15, -0.1) is 0 Å². The summed E-state index contributed by atoms with van der Waals surface area (Å²) in [6.07, 6.45) is 11.8. The first-order valence-electron chi connectivity index (χ1n) is 8.23. The molecular formula is C16H33NO3. The predicted octanol–water partition coefficient (Wildman–Crippen LogP) is 3.33. The highest BCUT2D eigenvalue weighted by atomic mass is 16.4. The normalized spacial score (nSPS) is 14.2. The Morgan fingerprint density at radius 1 is 0.950 bits per heavy atom. The zero-order valence-electron chi connectivity index (χ0n) is 13.2. The van der Waals surface area contributed by atoms with E-state index in [9.17, 15) is 9.90 Å². The van der Waals surface area contributed by atoms with Crippen LogP contribution in [-0.2, 0) is 4.79 Å². The first-order chi connectivity index (χ1) is 9.59. The van der Waals surface area contributed by atoms with Gasteiger partial charge >= 0.3 is 5.97 Å². The SMILES string of the molecule is CCCCCCCCCCCCNC(C(=O)O)C(C)O. The lowest BCUT2D eigenvalue weighted by Gasteiger charge is -2.16. The zero-order valence-corrected chi connectivity index (χ0v) is 13.2. The number of rotatable bonds is 14. The number of carbonyl (C=O) groups is 1. The molecule has 0 aromatic carbocycles. The van der Waals surface area contributed by atoms with Crippen molar-refractivity contribution in [2.24, 2.45) is 0 Å². The van der Waals surface area contributed by atoms with E-state index in [1.165, 1.54) is 58.3 Å². The minimum Gasteiger partial charge on any atom is -0.480 e. The molecule has 0 aromatic heterocycles. The van der Waals surface area contributed by atoms with Crippen molar-refractivity contribution in [3.63, 3.8) is 0 Å². The fourth-order valence-electron chi connectivity index (χ4n) is 2.33. The zero-order chi connectivity index (χ0) is 15.2. The molecule has 4 nitrogen and oxygen atoms in total. The van der Waals surface area contributed by atoms with Gasteiger partial charge < -0.3 is 15.5 Å². The van der Waals surface area contributed by atoms with E-state index in [4.69, 9.17) is 5.11 Å². The van der Waals surface area contributed by atoms with Gasteiger partial charge in [-0.3, -0.25) is 4.79 Å². The highest BCUT2D eigenvalue weighted by Crippen LogP contribution is 2.10. The Hall–Kier alpha value is -0.610. The molecule has 0 radical (unpaired) electrons. The van der Waals surface area contributed by atoms with Crippen molar-refractivity contribution < 1.29 is 15.0 Å². The van der Waals surface area contributed by atoms with E-state index in [1.54, 1.807) is 0 Å². The number of aliphatic hydroxyl groups excluding tert-OH is 1. The maximum Gasteiger partial charge on any atom is 0.323 e. The number of hydrogen-bond donors (Lipinski definition) is 3. The van der Waals surface area contributed by atoms with Gasteiger partial charge in [0.05, 0.1) is 6.10 Å². The molecule has 2 atom stereocenters. The number of nitrogens with one attached hydrogen (secondary N) is 1. The quantitative estimate of drug-likeness (QED) is 0.429. The molecule has 4 heteroatoms. The number of aliphatic hydroxyl groups is 1. The van der Waals surface area contributed by atoms with Gasteiger partial charge in [-0.05, 0) is 19.9 Å². The lowest BCUT2D eigenvalue weighted by atomic mass is 10.1. The molecule has 0 aliphatic rings. The van der Waals surface area contributed by atoms with Crippen LogP contribution in [0.5, 0.6) is 0 Å². The van der Waals surface area contributed by atoms with E-state index in [-0.39, 0.29) is 0 Å². The number of hydrogen-bond acceptors (Lipinski definition) is 3. The summed E-state index contributed by atoms with van der Waals surface area (Å²) < 4.78 is 0. The molecule has 0 rings (SSSR count). The number of unbranched alkanes of at least 4 members (excludes halogenated alkanes) is 9. The Balaban J connectivity index is 3.29. The van der Waals surface area contributed by atoms with Gasteiger partial charge in [-0.25, -0.2) is 0 Å². The summed E-state index contributed by atoms with van der Waals surface area (Å²) in [7, 11) is 0. The topological polar surface area (TPSA) is 69.6 Å². The number of carboxylic acid groups (broad SMARTS) is 1. The Kier molecular flexibility index (Phi) is 13.0. The molecule has 0 heterocycles. The molecule has 120 valence electrons. The van der Waals surface area contributed by atoms with Crippen LogP contribution in [-0.4, -0.2) is 34.9 Å². The second kappa shape index (κ2) is 13.4. The summed E-state index contributed by atoms with van der Waals surface area (Å²) in [6.45, 7) is 4.41. The first-order valence-corrected chi connectivity index (χ1v) is 8.23. The van der Waals surface area contributed by atoms with Gasteiger partial charge in [0.15, 0.2) is 0 Å². The van der Waals surface area contributed by atoms with Gasteiger partial charge in [0.25, 0.3) is 0 Å². The molecule has 0 aromatic rings. The minimum absolute atomic E-state index is 0.665. The van der Waals surface area contributed by atoms with Crippen LogP contribution in [0.15, 0.2) is 0 Å². The molecule has 0 aliphatic heterocycles. The summed E-state index contributed by atoms with van der Waals surface area (Å²) in [5, 5.41) is 21.1. The molecule has 0 spiro atoms. The molecule has 0 saturated heterocycles. The summed E-state index contributed by atoms with van der Waals surface area (Å²) in [6, 6.07) is -0.839. The third kappa shape index (κ3) is 11.2. The Bertz CT molecular complexity index is 232. The van der Waals surface area contributed by atoms with Gasteiger partial charge in [0.1, 0.15) is 6.04 Å². The lowest BCUT2D eigenvalue weighted by molar-refractivity contribution is -0.142. The van der Waals surface area contributed by atoms with Crippen LogP contribution in [0, 0.1) is 0 Å². The van der Waals surface area contributed by atoms with Crippen molar-refractivity contribution in [2.75, 3.05) is 6.54 Å². The van der Waals surface area contributed by atoms with Crippen molar-refractivity contribution in [1.29, 1.82) is 0 Å². The van der Waals surface area contributed by atoms with Gasteiger partial charge in [-0.1, -0.05) is 64.7 Å². The Morgan fingerprint density at radius 2 is 1.40 bits per heavy atom. The molecule has 2 unspecified atom stereocenters. The van der Waals surface area contributed by atoms with Crippen LogP contribution in [0.25, 0.3) is 0 Å². The van der Waals surface area contributed by atoms with Crippen LogP contribution in [0.2, 0.25) is 0 Å². The monoisotopic (exact) mass is 287 g/mol. The van der Waals surface area contributed by atoms with Crippen LogP contribution < -0.4 is 5.32 Å². The molecule has 0 amide bonds. The van der Waals surface area contributed by atoms with E-state index in [0.717, 1.165) is 12.8 Å². The average Bonchev–Trinajstić information content (AvgIpc) is 2.39. The van der Waals surface area contributed by atoms with Crippen molar-refractivity contribution in [3.8, 4) is 0 Å². The predicted molar refractivity (Wildman–Crippen MR) is 83.0 cm³/mol. The smallest absolute Gasteiger partial charge is 0.323 e. The largest absolute Gasteiger partial charge is 0.480 e. The molecule has 20 heavy (non-hydrogen) atoms. The highest BCUT2D eigenvalue weighted by molar-refractivity contribution is 5.74. The first kappa shape index (κ1) is 19.4. The van der Waals surface area contributed by atoms with Gasteiger partial charge in [0, 0.05) is 0 Å². The second-order valence-corrected chi connectivity index (χ2v) is 5.69.